The van der Waals surface area contributed by atoms with Gasteiger partial charge in [0.2, 0.25) is 0 Å². The predicted molar refractivity (Wildman–Crippen MR) is 75.3 cm³/mol. The number of ether oxygens (including phenoxy) is 1. The molecule has 114 valence electrons. The van der Waals surface area contributed by atoms with Crippen LogP contribution in [0.2, 0.25) is 0 Å². The van der Waals surface area contributed by atoms with Gasteiger partial charge in [0, 0.05) is 5.92 Å². The highest BCUT2D eigenvalue weighted by Crippen LogP contribution is 2.22. The highest BCUT2D eigenvalue weighted by atomic mass is 16.5. The molecule has 2 rings (SSSR count). The van der Waals surface area contributed by atoms with Crippen molar-refractivity contribution in [1.82, 2.24) is 5.32 Å². The number of hydrogen-bond donors (Lipinski definition) is 2. The topological polar surface area (TPSA) is 59.8 Å². The Labute approximate surface area is 121 Å². The van der Waals surface area contributed by atoms with Crippen LogP contribution in [-0.2, 0) is 14.3 Å². The maximum absolute atomic E-state index is 12.0. The minimum Gasteiger partial charge on any atom is -0.466 e. The quantitative estimate of drug-likeness (QED) is 0.693. The Morgan fingerprint density at radius 3 is 2.80 bits per heavy atom. The van der Waals surface area contributed by atoms with Gasteiger partial charge in [-0.05, 0) is 19.8 Å². The lowest BCUT2D eigenvalue weighted by atomic mass is 9.88. The van der Waals surface area contributed by atoms with Crippen LogP contribution >= 0.6 is 0 Å². The number of amides is 1. The van der Waals surface area contributed by atoms with E-state index >= 15 is 0 Å². The van der Waals surface area contributed by atoms with Crippen molar-refractivity contribution in [2.24, 2.45) is 5.92 Å². The van der Waals surface area contributed by atoms with Crippen LogP contribution in [0.1, 0.15) is 45.4 Å². The lowest BCUT2D eigenvalue weighted by Gasteiger charge is -2.34. The fourth-order valence-corrected chi connectivity index (χ4v) is 3.46. The van der Waals surface area contributed by atoms with Gasteiger partial charge in [-0.25, -0.2) is 0 Å². The Morgan fingerprint density at radius 2 is 2.10 bits per heavy atom. The van der Waals surface area contributed by atoms with E-state index in [-0.39, 0.29) is 24.3 Å². The second-order valence-electron chi connectivity index (χ2n) is 5.97. The number of piperazine rings is 1. The summed E-state index contributed by atoms with van der Waals surface area (Å²) < 4.78 is 5.00. The Hall–Kier alpha value is -1.10. The molecule has 1 amide bonds. The first kappa shape index (κ1) is 15.3. The Kier molecular flexibility index (Phi) is 5.83. The molecule has 1 aliphatic carbocycles. The number of rotatable bonds is 5. The molecule has 1 saturated carbocycles. The van der Waals surface area contributed by atoms with Gasteiger partial charge in [-0.1, -0.05) is 19.3 Å². The maximum Gasteiger partial charge on any atom is 0.312 e. The number of quaternary nitrogens is 1. The SMILES string of the molecule is CCOC(=O)C[C@H]1C(=O)NCC[NH+]1CC1CCCCC1. The van der Waals surface area contributed by atoms with E-state index in [2.05, 4.69) is 5.32 Å². The molecule has 2 N–H and O–H groups in total. The van der Waals surface area contributed by atoms with Crippen molar-refractivity contribution in [2.75, 3.05) is 26.2 Å². The molecule has 0 aromatic heterocycles. The summed E-state index contributed by atoms with van der Waals surface area (Å²) in [5.74, 6) is 0.472. The third-order valence-electron chi connectivity index (χ3n) is 4.51. The summed E-state index contributed by atoms with van der Waals surface area (Å²) in [5.41, 5.74) is 0. The first-order valence-corrected chi connectivity index (χ1v) is 7.98. The zero-order chi connectivity index (χ0) is 14.4. The summed E-state index contributed by atoms with van der Waals surface area (Å²) in [5, 5.41) is 2.88. The van der Waals surface area contributed by atoms with Crippen LogP contribution in [0.15, 0.2) is 0 Å². The van der Waals surface area contributed by atoms with Crippen LogP contribution in [0.25, 0.3) is 0 Å². The first-order chi connectivity index (χ1) is 9.70. The van der Waals surface area contributed by atoms with E-state index in [1.54, 1.807) is 6.92 Å². The van der Waals surface area contributed by atoms with E-state index < -0.39 is 0 Å². The van der Waals surface area contributed by atoms with E-state index in [1.807, 2.05) is 0 Å². The minimum atomic E-state index is -0.260. The second kappa shape index (κ2) is 7.62. The van der Waals surface area contributed by atoms with Gasteiger partial charge in [0.25, 0.3) is 5.91 Å². The fourth-order valence-electron chi connectivity index (χ4n) is 3.46. The summed E-state index contributed by atoms with van der Waals surface area (Å²) in [7, 11) is 0. The standard InChI is InChI=1S/C15H26N2O3/c1-2-20-14(18)10-13-15(19)16-8-9-17(13)11-12-6-4-3-5-7-12/h12-13H,2-11H2,1H3,(H,16,19)/p+1/t13-/m0/s1. The minimum absolute atomic E-state index is 0.00936. The van der Waals surface area contributed by atoms with Crippen molar-refractivity contribution in [1.29, 1.82) is 0 Å². The van der Waals surface area contributed by atoms with Gasteiger partial charge in [-0.2, -0.15) is 0 Å². The van der Waals surface area contributed by atoms with Crippen LogP contribution in [-0.4, -0.2) is 44.2 Å². The molecule has 1 aliphatic heterocycles. The predicted octanol–water partition coefficient (Wildman–Crippen LogP) is -0.0968. The van der Waals surface area contributed by atoms with E-state index in [4.69, 9.17) is 4.74 Å². The van der Waals surface area contributed by atoms with Crippen LogP contribution in [0.5, 0.6) is 0 Å². The van der Waals surface area contributed by atoms with Crippen molar-refractivity contribution >= 4 is 11.9 Å². The van der Waals surface area contributed by atoms with Gasteiger partial charge in [0.1, 0.15) is 6.42 Å². The van der Waals surface area contributed by atoms with Crippen molar-refractivity contribution in [3.8, 4) is 0 Å². The molecule has 0 aromatic rings. The highest BCUT2D eigenvalue weighted by molar-refractivity contribution is 5.85. The van der Waals surface area contributed by atoms with Gasteiger partial charge in [-0.15, -0.1) is 0 Å². The lowest BCUT2D eigenvalue weighted by Crippen LogP contribution is -3.20. The average Bonchev–Trinajstić information content (AvgIpc) is 2.44. The summed E-state index contributed by atoms with van der Waals surface area (Å²) >= 11 is 0. The van der Waals surface area contributed by atoms with E-state index in [1.165, 1.54) is 37.0 Å². The van der Waals surface area contributed by atoms with E-state index in [0.717, 1.165) is 19.6 Å². The maximum atomic E-state index is 12.0. The van der Waals surface area contributed by atoms with Gasteiger partial charge in [0.15, 0.2) is 6.04 Å². The molecule has 5 nitrogen and oxygen atoms in total. The number of nitrogens with one attached hydrogen (secondary N) is 2. The molecule has 1 unspecified atom stereocenters. The molecule has 5 heteroatoms. The van der Waals surface area contributed by atoms with Gasteiger partial charge < -0.3 is 15.0 Å². The average molecular weight is 283 g/mol. The smallest absolute Gasteiger partial charge is 0.312 e. The molecule has 2 fully saturated rings. The molecule has 0 bridgehead atoms. The van der Waals surface area contributed by atoms with Crippen molar-refractivity contribution in [3.05, 3.63) is 0 Å². The monoisotopic (exact) mass is 283 g/mol. The Morgan fingerprint density at radius 1 is 1.35 bits per heavy atom. The molecule has 1 saturated heterocycles. The molecule has 2 aliphatic rings. The van der Waals surface area contributed by atoms with Crippen molar-refractivity contribution in [3.63, 3.8) is 0 Å². The first-order valence-electron chi connectivity index (χ1n) is 7.98. The molecule has 20 heavy (non-hydrogen) atoms. The normalized spacial score (nSPS) is 27.9. The molecule has 0 radical (unpaired) electrons. The largest absolute Gasteiger partial charge is 0.466 e. The van der Waals surface area contributed by atoms with Gasteiger partial charge in [-0.3, -0.25) is 9.59 Å². The van der Waals surface area contributed by atoms with Crippen molar-refractivity contribution < 1.29 is 19.2 Å². The molecule has 0 spiro atoms. The summed E-state index contributed by atoms with van der Waals surface area (Å²) in [6.45, 7) is 4.85. The van der Waals surface area contributed by atoms with Crippen molar-refractivity contribution in [2.45, 2.75) is 51.5 Å². The molecular formula is C15H27N2O3+. The van der Waals surface area contributed by atoms with Crippen LogP contribution in [0, 0.1) is 5.92 Å². The summed E-state index contributed by atoms with van der Waals surface area (Å²) in [4.78, 5) is 25.0. The van der Waals surface area contributed by atoms with Gasteiger partial charge >= 0.3 is 5.97 Å². The zero-order valence-corrected chi connectivity index (χ0v) is 12.5. The number of carbonyl (C=O) groups excluding carboxylic acids is 2. The third kappa shape index (κ3) is 4.20. The summed E-state index contributed by atoms with van der Waals surface area (Å²) in [6.07, 6.45) is 6.73. The lowest BCUT2D eigenvalue weighted by molar-refractivity contribution is -0.920. The molecule has 2 atom stereocenters. The van der Waals surface area contributed by atoms with Gasteiger partial charge in [0.05, 0.1) is 26.2 Å². The molecule has 1 heterocycles. The second-order valence-corrected chi connectivity index (χ2v) is 5.97. The number of hydrogen-bond acceptors (Lipinski definition) is 3. The summed E-state index contributed by atoms with van der Waals surface area (Å²) in [6, 6.07) is -0.260. The Balaban J connectivity index is 1.92. The van der Waals surface area contributed by atoms with Crippen LogP contribution in [0.3, 0.4) is 0 Å². The van der Waals surface area contributed by atoms with E-state index in [9.17, 15) is 9.59 Å². The molecular weight excluding hydrogens is 256 g/mol. The van der Waals surface area contributed by atoms with Crippen LogP contribution < -0.4 is 10.2 Å². The Bertz CT molecular complexity index is 340. The van der Waals surface area contributed by atoms with Crippen LogP contribution in [0.4, 0.5) is 0 Å². The fraction of sp³-hybridized carbons (Fsp3) is 0.867. The zero-order valence-electron chi connectivity index (χ0n) is 12.5. The number of esters is 1. The highest BCUT2D eigenvalue weighted by Gasteiger charge is 2.37. The molecule has 0 aromatic carbocycles. The van der Waals surface area contributed by atoms with E-state index in [0.29, 0.717) is 12.5 Å². The third-order valence-corrected chi connectivity index (χ3v) is 4.51. The number of carbonyl (C=O) groups is 2.